The van der Waals surface area contributed by atoms with Crippen molar-refractivity contribution < 1.29 is 4.79 Å². The highest BCUT2D eigenvalue weighted by Crippen LogP contribution is 2.31. The minimum atomic E-state index is 0.704. The fraction of sp³-hybridized carbons (Fsp3) is 0.667. The van der Waals surface area contributed by atoms with Gasteiger partial charge in [0.25, 0.3) is 0 Å². The van der Waals surface area contributed by atoms with E-state index in [1.54, 1.807) is 6.08 Å². The van der Waals surface area contributed by atoms with Crippen LogP contribution in [0.15, 0.2) is 37.0 Å². The van der Waals surface area contributed by atoms with Crippen LogP contribution in [-0.4, -0.2) is 6.29 Å². The van der Waals surface area contributed by atoms with Crippen LogP contribution in [0.25, 0.3) is 0 Å². The Morgan fingerprint density at radius 1 is 1.09 bits per heavy atom. The molecule has 1 rings (SSSR count). The summed E-state index contributed by atoms with van der Waals surface area (Å²) >= 11 is 0. The Hall–Kier alpha value is -1.11. The first-order valence-electron chi connectivity index (χ1n) is 9.12. The van der Waals surface area contributed by atoms with Gasteiger partial charge in [0.05, 0.1) is 0 Å². The summed E-state index contributed by atoms with van der Waals surface area (Å²) in [6.07, 6.45) is 24.3. The van der Waals surface area contributed by atoms with Crippen molar-refractivity contribution in [1.29, 1.82) is 0 Å². The summed E-state index contributed by atoms with van der Waals surface area (Å²) < 4.78 is 0. The van der Waals surface area contributed by atoms with Gasteiger partial charge in [0.2, 0.25) is 0 Å². The molecule has 0 heterocycles. The molecular weight excluding hydrogens is 268 g/mol. The third-order valence-corrected chi connectivity index (χ3v) is 4.12. The van der Waals surface area contributed by atoms with Gasteiger partial charge in [0, 0.05) is 6.42 Å². The number of unbranched alkanes of at least 4 members (excludes halogenated alkanes) is 5. The number of aldehydes is 1. The van der Waals surface area contributed by atoms with Crippen LogP contribution in [0.5, 0.6) is 0 Å². The van der Waals surface area contributed by atoms with Crippen molar-refractivity contribution in [3.05, 3.63) is 37.0 Å². The first-order valence-corrected chi connectivity index (χ1v) is 9.12. The van der Waals surface area contributed by atoms with E-state index in [-0.39, 0.29) is 0 Å². The van der Waals surface area contributed by atoms with E-state index in [4.69, 9.17) is 0 Å². The van der Waals surface area contributed by atoms with Crippen LogP contribution in [-0.2, 0) is 4.79 Å². The Balaban J connectivity index is 0.00000135. The molecule has 1 heteroatoms. The fourth-order valence-corrected chi connectivity index (χ4v) is 2.88. The smallest absolute Gasteiger partial charge is 0.120 e. The van der Waals surface area contributed by atoms with Gasteiger partial charge in [0.15, 0.2) is 0 Å². The lowest BCUT2D eigenvalue weighted by Gasteiger charge is -2.26. The van der Waals surface area contributed by atoms with E-state index in [0.29, 0.717) is 6.42 Å². The Bertz CT molecular complexity index is 314. The van der Waals surface area contributed by atoms with Crippen LogP contribution in [0.2, 0.25) is 0 Å². The van der Waals surface area contributed by atoms with Gasteiger partial charge in [-0.1, -0.05) is 63.0 Å². The Morgan fingerprint density at radius 2 is 1.82 bits per heavy atom. The Labute approximate surface area is 138 Å². The van der Waals surface area contributed by atoms with Gasteiger partial charge in [-0.2, -0.15) is 0 Å². The van der Waals surface area contributed by atoms with Gasteiger partial charge in [-0.3, -0.25) is 0 Å². The highest BCUT2D eigenvalue weighted by Gasteiger charge is 2.19. The van der Waals surface area contributed by atoms with Gasteiger partial charge in [-0.05, 0) is 50.9 Å². The third-order valence-electron chi connectivity index (χ3n) is 4.12. The predicted octanol–water partition coefficient (Wildman–Crippen LogP) is 6.66. The summed E-state index contributed by atoms with van der Waals surface area (Å²) in [5.74, 6) is 1.59. The summed E-state index contributed by atoms with van der Waals surface area (Å²) in [4.78, 5) is 10.3. The zero-order chi connectivity index (χ0) is 16.5. The number of hydrogen-bond donors (Lipinski definition) is 0. The lowest BCUT2D eigenvalue weighted by molar-refractivity contribution is -0.107. The SMILES string of the molecule is C=CC.CCCCCCC1CC=CCC1/C=C\CCCC=O. The lowest BCUT2D eigenvalue weighted by Crippen LogP contribution is -2.14. The van der Waals surface area contributed by atoms with Gasteiger partial charge >= 0.3 is 0 Å². The molecule has 1 nitrogen and oxygen atoms in total. The number of carbonyl (C=O) groups excluding carboxylic acids is 1. The summed E-state index contributed by atoms with van der Waals surface area (Å²) in [6.45, 7) is 7.52. The summed E-state index contributed by atoms with van der Waals surface area (Å²) in [5.41, 5.74) is 0. The molecule has 1 aliphatic rings. The zero-order valence-corrected chi connectivity index (χ0v) is 14.8. The van der Waals surface area contributed by atoms with Gasteiger partial charge in [-0.15, -0.1) is 6.58 Å². The minimum absolute atomic E-state index is 0.704. The molecule has 22 heavy (non-hydrogen) atoms. The van der Waals surface area contributed by atoms with E-state index >= 15 is 0 Å². The van der Waals surface area contributed by atoms with Crippen molar-refractivity contribution in [2.75, 3.05) is 0 Å². The van der Waals surface area contributed by atoms with Crippen LogP contribution in [0.1, 0.15) is 78.1 Å². The second kappa shape index (κ2) is 16.3. The molecule has 0 amide bonds. The molecule has 2 unspecified atom stereocenters. The highest BCUT2D eigenvalue weighted by molar-refractivity contribution is 5.49. The van der Waals surface area contributed by atoms with E-state index < -0.39 is 0 Å². The zero-order valence-electron chi connectivity index (χ0n) is 14.8. The molecule has 0 fully saturated rings. The van der Waals surface area contributed by atoms with Crippen LogP contribution >= 0.6 is 0 Å². The molecule has 0 N–H and O–H groups in total. The molecule has 0 aromatic heterocycles. The van der Waals surface area contributed by atoms with Crippen molar-refractivity contribution in [2.24, 2.45) is 11.8 Å². The van der Waals surface area contributed by atoms with E-state index in [2.05, 4.69) is 37.8 Å². The van der Waals surface area contributed by atoms with E-state index in [9.17, 15) is 4.79 Å². The summed E-state index contributed by atoms with van der Waals surface area (Å²) in [7, 11) is 0. The average molecular weight is 305 g/mol. The molecule has 0 radical (unpaired) electrons. The van der Waals surface area contributed by atoms with Crippen LogP contribution in [0.4, 0.5) is 0 Å². The van der Waals surface area contributed by atoms with E-state index in [1.807, 2.05) is 6.92 Å². The third kappa shape index (κ3) is 11.5. The molecule has 0 saturated carbocycles. The number of allylic oxidation sites excluding steroid dienone is 5. The van der Waals surface area contributed by atoms with Crippen molar-refractivity contribution >= 4 is 6.29 Å². The molecule has 0 aliphatic heterocycles. The van der Waals surface area contributed by atoms with Gasteiger partial charge in [0.1, 0.15) is 6.29 Å². The summed E-state index contributed by atoms with van der Waals surface area (Å²) in [6, 6.07) is 0. The minimum Gasteiger partial charge on any atom is -0.303 e. The first kappa shape index (κ1) is 20.9. The van der Waals surface area contributed by atoms with E-state index in [0.717, 1.165) is 31.0 Å². The maximum Gasteiger partial charge on any atom is 0.120 e. The van der Waals surface area contributed by atoms with Crippen LogP contribution in [0, 0.1) is 11.8 Å². The molecular formula is C21H36O. The average Bonchev–Trinajstić information content (AvgIpc) is 2.53. The number of carbonyl (C=O) groups is 1. The Kier molecular flexibility index (Phi) is 15.4. The molecule has 0 aromatic rings. The Morgan fingerprint density at radius 3 is 2.50 bits per heavy atom. The molecule has 2 atom stereocenters. The van der Waals surface area contributed by atoms with Gasteiger partial charge < -0.3 is 4.79 Å². The molecule has 0 bridgehead atoms. The van der Waals surface area contributed by atoms with Crippen molar-refractivity contribution in [1.82, 2.24) is 0 Å². The highest BCUT2D eigenvalue weighted by atomic mass is 16.1. The van der Waals surface area contributed by atoms with Crippen molar-refractivity contribution in [3.63, 3.8) is 0 Å². The maximum absolute atomic E-state index is 10.3. The maximum atomic E-state index is 10.3. The molecule has 0 aromatic carbocycles. The normalized spacial score (nSPS) is 20.5. The van der Waals surface area contributed by atoms with Crippen LogP contribution < -0.4 is 0 Å². The molecule has 126 valence electrons. The largest absolute Gasteiger partial charge is 0.303 e. The standard InChI is InChI=1S/C18H30O.C3H6/c1-2-3-4-7-12-17-14-9-10-15-18(17)13-8-5-6-11-16-19;1-3-2/h8-10,13,16-18H,2-7,11-12,14-15H2,1H3;3H,1H2,2H3/b13-8-;. The first-order chi connectivity index (χ1) is 10.8. The topological polar surface area (TPSA) is 17.1 Å². The monoisotopic (exact) mass is 304 g/mol. The van der Waals surface area contributed by atoms with Crippen molar-refractivity contribution in [3.8, 4) is 0 Å². The predicted molar refractivity (Wildman–Crippen MR) is 99.0 cm³/mol. The van der Waals surface area contributed by atoms with Crippen LogP contribution in [0.3, 0.4) is 0 Å². The summed E-state index contributed by atoms with van der Waals surface area (Å²) in [5, 5.41) is 0. The second-order valence-corrected chi connectivity index (χ2v) is 6.15. The molecule has 0 saturated heterocycles. The fourth-order valence-electron chi connectivity index (χ4n) is 2.88. The quantitative estimate of drug-likeness (QED) is 0.250. The number of rotatable bonds is 10. The molecule has 1 aliphatic carbocycles. The number of hydrogen-bond acceptors (Lipinski definition) is 1. The lowest BCUT2D eigenvalue weighted by atomic mass is 9.79. The van der Waals surface area contributed by atoms with Crippen molar-refractivity contribution in [2.45, 2.75) is 78.1 Å². The van der Waals surface area contributed by atoms with E-state index in [1.165, 1.54) is 44.9 Å². The second-order valence-electron chi connectivity index (χ2n) is 6.15. The molecule has 0 spiro atoms. The van der Waals surface area contributed by atoms with Gasteiger partial charge in [-0.25, -0.2) is 0 Å².